The number of hydrogen-bond donors (Lipinski definition) is 1. The van der Waals surface area contributed by atoms with Gasteiger partial charge in [0.25, 0.3) is 0 Å². The average molecular weight is 332 g/mol. The maximum Gasteiger partial charge on any atom is 0.354 e. The fraction of sp³-hybridized carbons (Fsp3) is 0.188. The molecule has 2 heterocycles. The van der Waals surface area contributed by atoms with Crippen LogP contribution in [0, 0.1) is 5.82 Å². The molecule has 0 amide bonds. The second-order valence-electron chi connectivity index (χ2n) is 5.54. The molecule has 1 saturated carbocycles. The van der Waals surface area contributed by atoms with Crippen molar-refractivity contribution in [2.45, 2.75) is 18.8 Å². The van der Waals surface area contributed by atoms with Gasteiger partial charge in [0.1, 0.15) is 17.0 Å². The number of hydrogen-bond acceptors (Lipinski definition) is 3. The van der Waals surface area contributed by atoms with Crippen LogP contribution in [0.2, 0.25) is 5.02 Å². The molecule has 1 aliphatic carbocycles. The summed E-state index contributed by atoms with van der Waals surface area (Å²) in [6, 6.07) is 7.51. The van der Waals surface area contributed by atoms with Crippen LogP contribution in [0.5, 0.6) is 0 Å². The van der Waals surface area contributed by atoms with Crippen molar-refractivity contribution in [3.05, 3.63) is 52.6 Å². The summed E-state index contributed by atoms with van der Waals surface area (Å²) in [6.45, 7) is 0. The molecule has 1 fully saturated rings. The normalized spacial score (nSPS) is 14.3. The Hall–Kier alpha value is -2.47. The molecule has 116 valence electrons. The van der Waals surface area contributed by atoms with Crippen LogP contribution in [0.3, 0.4) is 0 Å². The Morgan fingerprint density at radius 2 is 2.09 bits per heavy atom. The lowest BCUT2D eigenvalue weighted by atomic mass is 10.2. The van der Waals surface area contributed by atoms with Gasteiger partial charge in [0.15, 0.2) is 0 Å². The van der Waals surface area contributed by atoms with E-state index in [1.165, 1.54) is 18.2 Å². The van der Waals surface area contributed by atoms with Crippen molar-refractivity contribution in [1.29, 1.82) is 0 Å². The number of carboxylic acid groups (broad SMARTS) is 1. The Morgan fingerprint density at radius 3 is 2.74 bits per heavy atom. The third-order valence-electron chi connectivity index (χ3n) is 3.88. The summed E-state index contributed by atoms with van der Waals surface area (Å²) in [7, 11) is 0. The Labute approximate surface area is 135 Å². The molecule has 23 heavy (non-hydrogen) atoms. The van der Waals surface area contributed by atoms with E-state index >= 15 is 0 Å². The number of pyridine rings is 1. The predicted octanol–water partition coefficient (Wildman–Crippen LogP) is 3.79. The minimum Gasteiger partial charge on any atom is -0.477 e. The highest BCUT2D eigenvalue weighted by Gasteiger charge is 2.30. The molecule has 0 radical (unpaired) electrons. The number of benzene rings is 1. The molecule has 1 aliphatic rings. The van der Waals surface area contributed by atoms with Crippen LogP contribution in [0.25, 0.3) is 16.7 Å². The Balaban J connectivity index is 1.96. The van der Waals surface area contributed by atoms with E-state index in [0.29, 0.717) is 16.7 Å². The van der Waals surface area contributed by atoms with Gasteiger partial charge in [-0.3, -0.25) is 0 Å². The quantitative estimate of drug-likeness (QED) is 0.793. The molecule has 1 aromatic carbocycles. The van der Waals surface area contributed by atoms with Crippen molar-refractivity contribution >= 4 is 28.6 Å². The van der Waals surface area contributed by atoms with E-state index in [1.807, 2.05) is 0 Å². The molecular weight excluding hydrogens is 321 g/mol. The van der Waals surface area contributed by atoms with Crippen LogP contribution in [0.15, 0.2) is 30.3 Å². The van der Waals surface area contributed by atoms with Gasteiger partial charge in [0, 0.05) is 12.0 Å². The second kappa shape index (κ2) is 5.03. The number of aromatic nitrogens is 3. The number of carboxylic acids is 1. The Bertz CT molecular complexity index is 950. The van der Waals surface area contributed by atoms with E-state index in [9.17, 15) is 9.18 Å². The molecule has 4 rings (SSSR count). The topological polar surface area (TPSA) is 68.0 Å². The lowest BCUT2D eigenvalue weighted by Gasteiger charge is -2.04. The van der Waals surface area contributed by atoms with Gasteiger partial charge in [-0.05, 0) is 37.1 Å². The van der Waals surface area contributed by atoms with E-state index in [4.69, 9.17) is 16.7 Å². The van der Waals surface area contributed by atoms with Gasteiger partial charge >= 0.3 is 5.97 Å². The molecule has 2 aromatic heterocycles. The molecule has 0 bridgehead atoms. The summed E-state index contributed by atoms with van der Waals surface area (Å²) >= 11 is 5.73. The highest BCUT2D eigenvalue weighted by molar-refractivity contribution is 6.30. The minimum atomic E-state index is -1.08. The maximum atomic E-state index is 13.7. The number of halogens is 2. The van der Waals surface area contributed by atoms with Crippen LogP contribution in [-0.4, -0.2) is 25.8 Å². The predicted molar refractivity (Wildman–Crippen MR) is 82.8 cm³/mol. The highest BCUT2D eigenvalue weighted by Crippen LogP contribution is 2.42. The van der Waals surface area contributed by atoms with Gasteiger partial charge in [0.2, 0.25) is 0 Å². The largest absolute Gasteiger partial charge is 0.477 e. The summed E-state index contributed by atoms with van der Waals surface area (Å²) in [4.78, 5) is 15.4. The van der Waals surface area contributed by atoms with Gasteiger partial charge in [0.05, 0.1) is 21.9 Å². The molecule has 5 nitrogen and oxygen atoms in total. The minimum absolute atomic E-state index is 0.0266. The summed E-state index contributed by atoms with van der Waals surface area (Å²) < 4.78 is 15.3. The monoisotopic (exact) mass is 331 g/mol. The number of rotatable bonds is 3. The molecule has 0 spiro atoms. The van der Waals surface area contributed by atoms with Gasteiger partial charge in [-0.25, -0.2) is 18.9 Å². The average Bonchev–Trinajstić information content (AvgIpc) is 3.30. The zero-order chi connectivity index (χ0) is 16.1. The van der Waals surface area contributed by atoms with Crippen LogP contribution >= 0.6 is 11.6 Å². The fourth-order valence-electron chi connectivity index (χ4n) is 2.58. The fourth-order valence-corrected chi connectivity index (χ4v) is 2.70. The van der Waals surface area contributed by atoms with E-state index in [2.05, 4.69) is 10.1 Å². The molecule has 0 atom stereocenters. The molecule has 3 aromatic rings. The van der Waals surface area contributed by atoms with E-state index < -0.39 is 11.8 Å². The number of nitrogens with zero attached hydrogens (tertiary/aromatic N) is 3. The molecule has 0 saturated heterocycles. The van der Waals surface area contributed by atoms with Crippen molar-refractivity contribution in [2.24, 2.45) is 0 Å². The SMILES string of the molecule is O=C(O)c1ccc2c(n1)c(C1CC1)nn2-c1ccc(Cl)c(F)c1. The van der Waals surface area contributed by atoms with Gasteiger partial charge in [-0.15, -0.1) is 0 Å². The zero-order valence-electron chi connectivity index (χ0n) is 11.8. The van der Waals surface area contributed by atoms with E-state index in [1.54, 1.807) is 16.8 Å². The molecule has 0 aliphatic heterocycles. The van der Waals surface area contributed by atoms with Gasteiger partial charge in [-0.2, -0.15) is 5.10 Å². The van der Waals surface area contributed by atoms with Crippen molar-refractivity contribution in [3.63, 3.8) is 0 Å². The Morgan fingerprint density at radius 1 is 1.30 bits per heavy atom. The van der Waals surface area contributed by atoms with Gasteiger partial charge < -0.3 is 5.11 Å². The first kappa shape index (κ1) is 14.1. The standard InChI is InChI=1S/C16H11ClFN3O2/c17-10-4-3-9(7-11(10)18)21-13-6-5-12(16(22)23)19-15(13)14(20-21)8-1-2-8/h3-8H,1-2H2,(H,22,23). The third-order valence-corrected chi connectivity index (χ3v) is 4.19. The lowest BCUT2D eigenvalue weighted by molar-refractivity contribution is 0.0691. The summed E-state index contributed by atoms with van der Waals surface area (Å²) in [5.41, 5.74) is 2.47. The van der Waals surface area contributed by atoms with Crippen LogP contribution in [-0.2, 0) is 0 Å². The molecule has 0 unspecified atom stereocenters. The zero-order valence-corrected chi connectivity index (χ0v) is 12.6. The summed E-state index contributed by atoms with van der Waals surface area (Å²) in [6.07, 6.45) is 2.00. The van der Waals surface area contributed by atoms with Crippen molar-refractivity contribution in [1.82, 2.24) is 14.8 Å². The van der Waals surface area contributed by atoms with Crippen LogP contribution < -0.4 is 0 Å². The van der Waals surface area contributed by atoms with Crippen molar-refractivity contribution in [3.8, 4) is 5.69 Å². The first-order valence-corrected chi connectivity index (χ1v) is 7.51. The molecule has 1 N–H and O–H groups in total. The molecule has 7 heteroatoms. The van der Waals surface area contributed by atoms with Crippen LogP contribution in [0.4, 0.5) is 4.39 Å². The van der Waals surface area contributed by atoms with Crippen LogP contribution in [0.1, 0.15) is 34.9 Å². The smallest absolute Gasteiger partial charge is 0.354 e. The lowest BCUT2D eigenvalue weighted by Crippen LogP contribution is -2.01. The van der Waals surface area contributed by atoms with Crippen molar-refractivity contribution in [2.75, 3.05) is 0 Å². The maximum absolute atomic E-state index is 13.7. The van der Waals surface area contributed by atoms with E-state index in [-0.39, 0.29) is 16.6 Å². The third kappa shape index (κ3) is 2.35. The Kier molecular flexibility index (Phi) is 3.09. The van der Waals surface area contributed by atoms with E-state index in [0.717, 1.165) is 18.5 Å². The summed E-state index contributed by atoms with van der Waals surface area (Å²) in [5.74, 6) is -1.33. The van der Waals surface area contributed by atoms with Crippen molar-refractivity contribution < 1.29 is 14.3 Å². The summed E-state index contributed by atoms with van der Waals surface area (Å²) in [5, 5.41) is 13.7. The molecular formula is C16H11ClFN3O2. The first-order chi connectivity index (χ1) is 11.0. The highest BCUT2D eigenvalue weighted by atomic mass is 35.5. The number of carbonyl (C=O) groups is 1. The number of fused-ring (bicyclic) bond motifs is 1. The number of aromatic carboxylic acids is 1. The van der Waals surface area contributed by atoms with Gasteiger partial charge in [-0.1, -0.05) is 11.6 Å². The second-order valence-corrected chi connectivity index (χ2v) is 5.95. The first-order valence-electron chi connectivity index (χ1n) is 7.13.